The van der Waals surface area contributed by atoms with Crippen molar-refractivity contribution in [3.8, 4) is 11.1 Å². The van der Waals surface area contributed by atoms with E-state index >= 15 is 0 Å². The molecule has 0 unspecified atom stereocenters. The Morgan fingerprint density at radius 3 is 2.81 bits per heavy atom. The first-order valence-electron chi connectivity index (χ1n) is 5.13. The van der Waals surface area contributed by atoms with E-state index in [9.17, 15) is 0 Å². The van der Waals surface area contributed by atoms with Gasteiger partial charge in [-0.2, -0.15) is 0 Å². The number of hydrogen-bond acceptors (Lipinski definition) is 2. The lowest BCUT2D eigenvalue weighted by Gasteiger charge is -2.10. The van der Waals surface area contributed by atoms with Gasteiger partial charge in [0.05, 0.1) is 5.69 Å². The third-order valence-corrected chi connectivity index (χ3v) is 2.81. The minimum atomic E-state index is 0.433. The second-order valence-corrected chi connectivity index (χ2v) is 4.10. The molecule has 2 N–H and O–H groups in total. The Morgan fingerprint density at radius 2 is 2.06 bits per heavy atom. The molecule has 0 aliphatic heterocycles. The van der Waals surface area contributed by atoms with Crippen LogP contribution in [0.15, 0.2) is 36.5 Å². The first-order chi connectivity index (χ1) is 7.72. The second kappa shape index (κ2) is 4.64. The zero-order chi connectivity index (χ0) is 11.5. The number of nitrogens with zero attached hydrogens (tertiary/aromatic N) is 1. The number of pyridine rings is 1. The van der Waals surface area contributed by atoms with Gasteiger partial charge in [-0.15, -0.1) is 0 Å². The summed E-state index contributed by atoms with van der Waals surface area (Å²) >= 11 is 6.01. The number of hydrogen-bond donors (Lipinski definition) is 1. The number of rotatable bonds is 2. The summed E-state index contributed by atoms with van der Waals surface area (Å²) in [5.41, 5.74) is 9.91. The van der Waals surface area contributed by atoms with E-state index in [4.69, 9.17) is 17.3 Å². The van der Waals surface area contributed by atoms with Crippen molar-refractivity contribution >= 4 is 11.6 Å². The highest BCUT2D eigenvalue weighted by molar-refractivity contribution is 6.30. The predicted octanol–water partition coefficient (Wildman–Crippen LogP) is 3.17. The molecule has 0 aliphatic rings. The van der Waals surface area contributed by atoms with Gasteiger partial charge in [0.15, 0.2) is 0 Å². The molecule has 2 aromatic rings. The molecule has 2 nitrogen and oxygen atoms in total. The van der Waals surface area contributed by atoms with Gasteiger partial charge in [-0.1, -0.05) is 23.7 Å². The Bertz CT molecular complexity index is 509. The second-order valence-electron chi connectivity index (χ2n) is 3.66. The maximum atomic E-state index is 6.01. The van der Waals surface area contributed by atoms with Crippen LogP contribution in [-0.4, -0.2) is 4.98 Å². The molecule has 0 saturated carbocycles. The Hall–Kier alpha value is -1.38. The predicted molar refractivity (Wildman–Crippen MR) is 67.3 cm³/mol. The minimum Gasteiger partial charge on any atom is -0.325 e. The van der Waals surface area contributed by atoms with Crippen LogP contribution < -0.4 is 5.73 Å². The number of halogens is 1. The molecule has 0 radical (unpaired) electrons. The molecular formula is C13H13ClN2. The van der Waals surface area contributed by atoms with Crippen LogP contribution in [0.3, 0.4) is 0 Å². The summed E-state index contributed by atoms with van der Waals surface area (Å²) in [6.07, 6.45) is 1.76. The van der Waals surface area contributed by atoms with Crippen LogP contribution in [0, 0.1) is 6.92 Å². The smallest absolute Gasteiger partial charge is 0.0617 e. The highest BCUT2D eigenvalue weighted by atomic mass is 35.5. The van der Waals surface area contributed by atoms with E-state index in [2.05, 4.69) is 11.9 Å². The summed E-state index contributed by atoms with van der Waals surface area (Å²) in [7, 11) is 0. The number of benzene rings is 1. The molecule has 1 heterocycles. The lowest BCUT2D eigenvalue weighted by atomic mass is 9.99. The largest absolute Gasteiger partial charge is 0.325 e. The van der Waals surface area contributed by atoms with Gasteiger partial charge < -0.3 is 5.73 Å². The van der Waals surface area contributed by atoms with Gasteiger partial charge in [0.2, 0.25) is 0 Å². The Balaban J connectivity index is 2.62. The van der Waals surface area contributed by atoms with Gasteiger partial charge in [-0.25, -0.2) is 0 Å². The van der Waals surface area contributed by atoms with Crippen molar-refractivity contribution in [2.45, 2.75) is 13.5 Å². The van der Waals surface area contributed by atoms with E-state index in [0.717, 1.165) is 21.8 Å². The monoisotopic (exact) mass is 232 g/mol. The fourth-order valence-corrected chi connectivity index (χ4v) is 1.90. The van der Waals surface area contributed by atoms with Crippen molar-refractivity contribution in [3.63, 3.8) is 0 Å². The van der Waals surface area contributed by atoms with Gasteiger partial charge in [-0.05, 0) is 36.2 Å². The van der Waals surface area contributed by atoms with Gasteiger partial charge in [0.1, 0.15) is 0 Å². The molecule has 0 bridgehead atoms. The number of aromatic nitrogens is 1. The van der Waals surface area contributed by atoms with Gasteiger partial charge >= 0.3 is 0 Å². The van der Waals surface area contributed by atoms with Gasteiger partial charge in [-0.3, -0.25) is 4.98 Å². The minimum absolute atomic E-state index is 0.433. The van der Waals surface area contributed by atoms with E-state index in [1.807, 2.05) is 30.3 Å². The maximum Gasteiger partial charge on any atom is 0.0617 e. The van der Waals surface area contributed by atoms with Crippen LogP contribution in [0.5, 0.6) is 0 Å². The number of aryl methyl sites for hydroxylation is 1. The van der Waals surface area contributed by atoms with Crippen LogP contribution in [0.2, 0.25) is 5.02 Å². The molecule has 1 aromatic carbocycles. The summed E-state index contributed by atoms with van der Waals surface area (Å²) in [5.74, 6) is 0. The zero-order valence-corrected chi connectivity index (χ0v) is 9.83. The highest BCUT2D eigenvalue weighted by Gasteiger charge is 2.07. The van der Waals surface area contributed by atoms with Crippen LogP contribution in [0.1, 0.15) is 11.3 Å². The normalized spacial score (nSPS) is 10.4. The van der Waals surface area contributed by atoms with Gasteiger partial charge in [0.25, 0.3) is 0 Å². The molecule has 0 amide bonds. The fourth-order valence-electron chi connectivity index (χ4n) is 1.73. The van der Waals surface area contributed by atoms with Crippen molar-refractivity contribution < 1.29 is 0 Å². The molecular weight excluding hydrogens is 220 g/mol. The van der Waals surface area contributed by atoms with Crippen molar-refractivity contribution in [2.24, 2.45) is 5.73 Å². The molecule has 0 spiro atoms. The molecule has 0 aliphatic carbocycles. The Morgan fingerprint density at radius 1 is 1.25 bits per heavy atom. The summed E-state index contributed by atoms with van der Waals surface area (Å²) in [4.78, 5) is 4.28. The third-order valence-electron chi connectivity index (χ3n) is 2.57. The van der Waals surface area contributed by atoms with Crippen LogP contribution in [-0.2, 0) is 6.54 Å². The van der Waals surface area contributed by atoms with E-state index < -0.39 is 0 Å². The molecule has 0 atom stereocenters. The molecule has 2 rings (SSSR count). The first kappa shape index (κ1) is 11.1. The number of nitrogens with two attached hydrogens (primary N) is 1. The average Bonchev–Trinajstić information content (AvgIpc) is 2.32. The van der Waals surface area contributed by atoms with Crippen molar-refractivity contribution in [1.29, 1.82) is 0 Å². The third kappa shape index (κ3) is 2.08. The van der Waals surface area contributed by atoms with E-state index in [1.165, 1.54) is 5.56 Å². The summed E-state index contributed by atoms with van der Waals surface area (Å²) in [5, 5.41) is 0.729. The molecule has 0 saturated heterocycles. The summed E-state index contributed by atoms with van der Waals surface area (Å²) in [6, 6.07) is 9.78. The molecule has 1 aromatic heterocycles. The lowest BCUT2D eigenvalue weighted by molar-refractivity contribution is 0.993. The maximum absolute atomic E-state index is 6.01. The van der Waals surface area contributed by atoms with Crippen LogP contribution >= 0.6 is 11.6 Å². The van der Waals surface area contributed by atoms with E-state index in [0.29, 0.717) is 6.54 Å². The Labute approximate surface area is 100 Å². The standard InChI is InChI=1S/C13H13ClN2/c1-9-4-5-10(14)7-12(9)11-3-2-6-16-13(11)8-15/h2-7H,8,15H2,1H3. The highest BCUT2D eigenvalue weighted by Crippen LogP contribution is 2.28. The summed E-state index contributed by atoms with van der Waals surface area (Å²) in [6.45, 7) is 2.49. The molecule has 0 fully saturated rings. The molecule has 16 heavy (non-hydrogen) atoms. The quantitative estimate of drug-likeness (QED) is 0.864. The Kier molecular flexibility index (Phi) is 3.22. The molecule has 82 valence electrons. The molecule has 3 heteroatoms. The summed E-state index contributed by atoms with van der Waals surface area (Å²) < 4.78 is 0. The van der Waals surface area contributed by atoms with Crippen LogP contribution in [0.25, 0.3) is 11.1 Å². The lowest BCUT2D eigenvalue weighted by Crippen LogP contribution is -2.02. The van der Waals surface area contributed by atoms with Crippen molar-refractivity contribution in [1.82, 2.24) is 4.98 Å². The zero-order valence-electron chi connectivity index (χ0n) is 9.07. The van der Waals surface area contributed by atoms with Crippen LogP contribution in [0.4, 0.5) is 0 Å². The average molecular weight is 233 g/mol. The van der Waals surface area contributed by atoms with Crippen molar-refractivity contribution in [3.05, 3.63) is 52.8 Å². The SMILES string of the molecule is Cc1ccc(Cl)cc1-c1cccnc1CN. The fraction of sp³-hybridized carbons (Fsp3) is 0.154. The van der Waals surface area contributed by atoms with Crippen molar-refractivity contribution in [2.75, 3.05) is 0 Å². The van der Waals surface area contributed by atoms with Gasteiger partial charge in [0, 0.05) is 23.3 Å². The van der Waals surface area contributed by atoms with E-state index in [-0.39, 0.29) is 0 Å². The topological polar surface area (TPSA) is 38.9 Å². The van der Waals surface area contributed by atoms with E-state index in [1.54, 1.807) is 6.20 Å². The first-order valence-corrected chi connectivity index (χ1v) is 5.50.